The molecule has 1 aliphatic heterocycles. The van der Waals surface area contributed by atoms with E-state index in [9.17, 15) is 4.39 Å². The van der Waals surface area contributed by atoms with Crippen molar-refractivity contribution in [1.82, 2.24) is 15.5 Å². The van der Waals surface area contributed by atoms with Crippen LogP contribution in [0.15, 0.2) is 4.99 Å². The zero-order chi connectivity index (χ0) is 12.3. The summed E-state index contributed by atoms with van der Waals surface area (Å²) < 4.78 is 17.2. The summed E-state index contributed by atoms with van der Waals surface area (Å²) >= 11 is 0. The number of nitrogens with zero attached hydrogens (tertiary/aromatic N) is 2. The topological polar surface area (TPSA) is 48.9 Å². The van der Waals surface area contributed by atoms with Crippen LogP contribution in [0.5, 0.6) is 0 Å². The molecular formula is C11H23FN4O. The van der Waals surface area contributed by atoms with Gasteiger partial charge >= 0.3 is 0 Å². The van der Waals surface area contributed by atoms with Crippen LogP contribution in [0.1, 0.15) is 6.42 Å². The smallest absolute Gasteiger partial charge is 0.191 e. The number of morpholine rings is 1. The van der Waals surface area contributed by atoms with E-state index in [-0.39, 0.29) is 6.67 Å². The first kappa shape index (κ1) is 14.2. The van der Waals surface area contributed by atoms with Crippen molar-refractivity contribution in [3.05, 3.63) is 0 Å². The van der Waals surface area contributed by atoms with Crippen molar-refractivity contribution < 1.29 is 9.13 Å². The van der Waals surface area contributed by atoms with Crippen molar-refractivity contribution in [2.24, 2.45) is 4.99 Å². The highest BCUT2D eigenvalue weighted by molar-refractivity contribution is 5.79. The monoisotopic (exact) mass is 246 g/mol. The van der Waals surface area contributed by atoms with Crippen LogP contribution in [0.4, 0.5) is 4.39 Å². The van der Waals surface area contributed by atoms with Gasteiger partial charge in [0.15, 0.2) is 5.96 Å². The minimum Gasteiger partial charge on any atom is -0.379 e. The van der Waals surface area contributed by atoms with E-state index in [4.69, 9.17) is 4.74 Å². The molecule has 0 spiro atoms. The number of aliphatic imine (C=N–C) groups is 1. The highest BCUT2D eigenvalue weighted by Gasteiger charge is 2.09. The maximum Gasteiger partial charge on any atom is 0.191 e. The minimum atomic E-state index is -0.294. The Balaban J connectivity index is 2.06. The van der Waals surface area contributed by atoms with Gasteiger partial charge in [0, 0.05) is 39.8 Å². The van der Waals surface area contributed by atoms with E-state index >= 15 is 0 Å². The molecule has 1 rings (SSSR count). The van der Waals surface area contributed by atoms with Crippen molar-refractivity contribution in [2.75, 3.05) is 59.7 Å². The minimum absolute atomic E-state index is 0.294. The van der Waals surface area contributed by atoms with Gasteiger partial charge in [-0.2, -0.15) is 0 Å². The Hall–Kier alpha value is -0.880. The Morgan fingerprint density at radius 2 is 2.00 bits per heavy atom. The third kappa shape index (κ3) is 6.43. The quantitative estimate of drug-likeness (QED) is 0.388. The molecule has 1 fully saturated rings. The summed E-state index contributed by atoms with van der Waals surface area (Å²) in [5.41, 5.74) is 0. The molecule has 100 valence electrons. The summed E-state index contributed by atoms with van der Waals surface area (Å²) in [4.78, 5) is 6.42. The number of hydrogen-bond donors (Lipinski definition) is 2. The largest absolute Gasteiger partial charge is 0.379 e. The lowest BCUT2D eigenvalue weighted by Gasteiger charge is -2.26. The lowest BCUT2D eigenvalue weighted by atomic mass is 10.4. The number of nitrogens with one attached hydrogen (secondary N) is 2. The van der Waals surface area contributed by atoms with Crippen molar-refractivity contribution in [1.29, 1.82) is 0 Å². The molecule has 0 aliphatic carbocycles. The van der Waals surface area contributed by atoms with Crippen molar-refractivity contribution in [3.8, 4) is 0 Å². The SMILES string of the molecule is CN=C(NCCCF)NCCN1CCOCC1. The predicted octanol–water partition coefficient (Wildman–Crippen LogP) is -0.157. The van der Waals surface area contributed by atoms with Crippen LogP contribution in [0, 0.1) is 0 Å². The molecule has 0 bridgehead atoms. The van der Waals surface area contributed by atoms with Crippen LogP contribution in [-0.4, -0.2) is 70.5 Å². The van der Waals surface area contributed by atoms with Crippen molar-refractivity contribution in [2.45, 2.75) is 6.42 Å². The number of rotatable bonds is 6. The molecule has 0 aromatic carbocycles. The van der Waals surface area contributed by atoms with Gasteiger partial charge in [-0.3, -0.25) is 14.3 Å². The van der Waals surface area contributed by atoms with Crippen LogP contribution in [0.3, 0.4) is 0 Å². The molecule has 5 nitrogen and oxygen atoms in total. The van der Waals surface area contributed by atoms with Gasteiger partial charge in [0.2, 0.25) is 0 Å². The van der Waals surface area contributed by atoms with E-state index < -0.39 is 0 Å². The Morgan fingerprint density at radius 1 is 1.29 bits per heavy atom. The number of hydrogen-bond acceptors (Lipinski definition) is 3. The van der Waals surface area contributed by atoms with Gasteiger partial charge in [-0.1, -0.05) is 0 Å². The Kier molecular flexibility index (Phi) is 7.66. The zero-order valence-corrected chi connectivity index (χ0v) is 10.5. The molecule has 0 atom stereocenters. The van der Waals surface area contributed by atoms with E-state index in [1.807, 2.05) is 0 Å². The molecule has 1 heterocycles. The standard InChI is InChI=1S/C11H23FN4O/c1-13-11(14-4-2-3-12)15-5-6-16-7-9-17-10-8-16/h2-10H2,1H3,(H2,13,14,15). The molecule has 0 aromatic heterocycles. The second-order valence-corrected chi connectivity index (χ2v) is 3.92. The molecule has 1 saturated heterocycles. The fraction of sp³-hybridized carbons (Fsp3) is 0.909. The Bertz CT molecular complexity index is 220. The zero-order valence-electron chi connectivity index (χ0n) is 10.5. The summed E-state index contributed by atoms with van der Waals surface area (Å²) in [6.45, 7) is 5.78. The average molecular weight is 246 g/mol. The van der Waals surface area contributed by atoms with Crippen LogP contribution in [0.25, 0.3) is 0 Å². The number of alkyl halides is 1. The van der Waals surface area contributed by atoms with E-state index in [1.54, 1.807) is 7.05 Å². The molecule has 0 unspecified atom stereocenters. The molecule has 0 saturated carbocycles. The number of halogens is 1. The summed E-state index contributed by atoms with van der Waals surface area (Å²) in [7, 11) is 1.72. The highest BCUT2D eigenvalue weighted by atomic mass is 19.1. The Labute approximate surface area is 102 Å². The summed E-state index contributed by atoms with van der Waals surface area (Å²) in [5, 5.41) is 6.27. The number of ether oxygens (including phenoxy) is 1. The summed E-state index contributed by atoms with van der Waals surface area (Å²) in [6, 6.07) is 0. The first-order chi connectivity index (χ1) is 8.36. The lowest BCUT2D eigenvalue weighted by molar-refractivity contribution is 0.0389. The highest BCUT2D eigenvalue weighted by Crippen LogP contribution is 1.94. The van der Waals surface area contributed by atoms with Crippen LogP contribution >= 0.6 is 0 Å². The predicted molar refractivity (Wildman–Crippen MR) is 67.2 cm³/mol. The average Bonchev–Trinajstić information content (AvgIpc) is 2.38. The fourth-order valence-electron chi connectivity index (χ4n) is 1.65. The third-order valence-electron chi connectivity index (χ3n) is 2.65. The second-order valence-electron chi connectivity index (χ2n) is 3.92. The molecule has 6 heteroatoms. The Morgan fingerprint density at radius 3 is 2.65 bits per heavy atom. The van der Waals surface area contributed by atoms with Crippen LogP contribution < -0.4 is 10.6 Å². The van der Waals surface area contributed by atoms with Gasteiger partial charge in [-0.15, -0.1) is 0 Å². The molecule has 0 aromatic rings. The first-order valence-corrected chi connectivity index (χ1v) is 6.17. The summed E-state index contributed by atoms with van der Waals surface area (Å²) in [5.74, 6) is 0.742. The maximum absolute atomic E-state index is 11.9. The molecule has 0 amide bonds. The molecule has 17 heavy (non-hydrogen) atoms. The van der Waals surface area contributed by atoms with Crippen molar-refractivity contribution in [3.63, 3.8) is 0 Å². The van der Waals surface area contributed by atoms with Gasteiger partial charge in [-0.05, 0) is 6.42 Å². The van der Waals surface area contributed by atoms with Crippen LogP contribution in [0.2, 0.25) is 0 Å². The van der Waals surface area contributed by atoms with Gasteiger partial charge in [0.1, 0.15) is 0 Å². The van der Waals surface area contributed by atoms with Crippen LogP contribution in [-0.2, 0) is 4.74 Å². The van der Waals surface area contributed by atoms with E-state index in [2.05, 4.69) is 20.5 Å². The molecule has 1 aliphatic rings. The van der Waals surface area contributed by atoms with Crippen molar-refractivity contribution >= 4 is 5.96 Å². The van der Waals surface area contributed by atoms with Gasteiger partial charge in [0.25, 0.3) is 0 Å². The first-order valence-electron chi connectivity index (χ1n) is 6.17. The lowest BCUT2D eigenvalue weighted by Crippen LogP contribution is -2.44. The van der Waals surface area contributed by atoms with E-state index in [1.165, 1.54) is 0 Å². The summed E-state index contributed by atoms with van der Waals surface area (Å²) in [6.07, 6.45) is 0.518. The third-order valence-corrected chi connectivity index (χ3v) is 2.65. The van der Waals surface area contributed by atoms with Gasteiger partial charge in [0.05, 0.1) is 19.9 Å². The fourth-order valence-corrected chi connectivity index (χ4v) is 1.65. The molecule has 2 N–H and O–H groups in total. The number of guanidine groups is 1. The normalized spacial score (nSPS) is 18.1. The molecular weight excluding hydrogens is 223 g/mol. The van der Waals surface area contributed by atoms with Gasteiger partial charge < -0.3 is 15.4 Å². The van der Waals surface area contributed by atoms with E-state index in [0.717, 1.165) is 45.4 Å². The van der Waals surface area contributed by atoms with E-state index in [0.29, 0.717) is 13.0 Å². The maximum atomic E-state index is 11.9. The second kappa shape index (κ2) is 9.18. The molecule has 0 radical (unpaired) electrons. The van der Waals surface area contributed by atoms with Gasteiger partial charge in [-0.25, -0.2) is 0 Å².